The van der Waals surface area contributed by atoms with Gasteiger partial charge in [0.25, 0.3) is 0 Å². The maximum Gasteiger partial charge on any atom is 0.220 e. The van der Waals surface area contributed by atoms with Crippen molar-refractivity contribution in [3.05, 3.63) is 22.6 Å². The number of piperidine rings is 1. The summed E-state index contributed by atoms with van der Waals surface area (Å²) in [4.78, 5) is 19.7. The van der Waals surface area contributed by atoms with Gasteiger partial charge in [-0.1, -0.05) is 0 Å². The van der Waals surface area contributed by atoms with E-state index >= 15 is 0 Å². The van der Waals surface area contributed by atoms with Crippen molar-refractivity contribution in [1.82, 2.24) is 15.3 Å². The normalized spacial score (nSPS) is 20.5. The van der Waals surface area contributed by atoms with Gasteiger partial charge in [-0.15, -0.1) is 0 Å². The predicted octanol–water partition coefficient (Wildman–Crippen LogP) is 1.98. The van der Waals surface area contributed by atoms with Gasteiger partial charge in [0.15, 0.2) is 11.2 Å². The maximum atomic E-state index is 11.1. The van der Waals surface area contributed by atoms with Crippen LogP contribution in [0.15, 0.2) is 21.2 Å². The van der Waals surface area contributed by atoms with E-state index in [1.807, 2.05) is 12.1 Å². The molecule has 0 unspecified atom stereocenters. The van der Waals surface area contributed by atoms with Crippen molar-refractivity contribution in [2.24, 2.45) is 0 Å². The highest BCUT2D eigenvalue weighted by atomic mass is 79.9. The lowest BCUT2D eigenvalue weighted by atomic mass is 9.99. The number of aromatic nitrogens is 2. The van der Waals surface area contributed by atoms with Crippen LogP contribution in [0.3, 0.4) is 0 Å². The highest BCUT2D eigenvalue weighted by molar-refractivity contribution is 9.10. The summed E-state index contributed by atoms with van der Waals surface area (Å²) in [6, 6.07) is 3.66. The number of halogens is 1. The average Bonchev–Trinajstić information content (AvgIpc) is 2.72. The van der Waals surface area contributed by atoms with Crippen molar-refractivity contribution < 1.29 is 9.21 Å². The van der Waals surface area contributed by atoms with Crippen molar-refractivity contribution >= 4 is 33.1 Å². The third-order valence-electron chi connectivity index (χ3n) is 2.85. The number of nitrogens with one attached hydrogen (secondary N) is 1. The number of pyridine rings is 1. The van der Waals surface area contributed by atoms with Crippen LogP contribution in [0, 0.1) is 0 Å². The van der Waals surface area contributed by atoms with E-state index in [-0.39, 0.29) is 11.8 Å². The first-order valence-corrected chi connectivity index (χ1v) is 6.21. The summed E-state index contributed by atoms with van der Waals surface area (Å²) >= 11 is 3.30. The molecular weight excluding hydrogens is 286 g/mol. The number of carbonyl (C=O) groups excluding carboxylic acids is 1. The molecule has 0 aromatic carbocycles. The summed E-state index contributed by atoms with van der Waals surface area (Å²) in [5.74, 6) is 0.907. The minimum atomic E-state index is 0.0956. The molecule has 1 aliphatic rings. The molecule has 5 nitrogen and oxygen atoms in total. The average molecular weight is 296 g/mol. The van der Waals surface area contributed by atoms with Crippen LogP contribution in [0.2, 0.25) is 0 Å². The molecule has 1 fully saturated rings. The fraction of sp³-hybridized carbons (Fsp3) is 0.364. The highest BCUT2D eigenvalue weighted by Crippen LogP contribution is 2.26. The summed E-state index contributed by atoms with van der Waals surface area (Å²) in [6.07, 6.45) is 1.31. The van der Waals surface area contributed by atoms with Crippen LogP contribution in [-0.2, 0) is 4.79 Å². The second-order valence-electron chi connectivity index (χ2n) is 4.05. The SMILES string of the molecule is O=C1CC[C@@H](c2nc3nc(Br)ccc3o2)CN1. The van der Waals surface area contributed by atoms with Crippen LogP contribution >= 0.6 is 15.9 Å². The predicted molar refractivity (Wildman–Crippen MR) is 64.5 cm³/mol. The van der Waals surface area contributed by atoms with E-state index in [0.29, 0.717) is 30.1 Å². The van der Waals surface area contributed by atoms with Crippen LogP contribution in [0.4, 0.5) is 0 Å². The standard InChI is InChI=1S/C11H10BrN3O2/c12-8-3-2-7-10(14-8)15-11(17-7)6-1-4-9(16)13-5-6/h2-3,6H,1,4-5H2,(H,13,16)/t6-/m1/s1. The highest BCUT2D eigenvalue weighted by Gasteiger charge is 2.24. The van der Waals surface area contributed by atoms with E-state index in [4.69, 9.17) is 4.42 Å². The summed E-state index contributed by atoms with van der Waals surface area (Å²) in [7, 11) is 0. The van der Waals surface area contributed by atoms with Crippen LogP contribution in [-0.4, -0.2) is 22.4 Å². The zero-order chi connectivity index (χ0) is 11.8. The Morgan fingerprint density at radius 2 is 2.29 bits per heavy atom. The molecule has 1 aliphatic heterocycles. The lowest BCUT2D eigenvalue weighted by molar-refractivity contribution is -0.122. The first-order chi connectivity index (χ1) is 8.22. The molecule has 1 amide bonds. The van der Waals surface area contributed by atoms with Gasteiger partial charge in [-0.2, -0.15) is 4.98 Å². The van der Waals surface area contributed by atoms with Gasteiger partial charge in [-0.25, -0.2) is 4.98 Å². The van der Waals surface area contributed by atoms with Crippen LogP contribution < -0.4 is 5.32 Å². The zero-order valence-electron chi connectivity index (χ0n) is 8.94. The van der Waals surface area contributed by atoms with E-state index in [9.17, 15) is 4.79 Å². The molecule has 1 N–H and O–H groups in total. The van der Waals surface area contributed by atoms with Gasteiger partial charge in [0.2, 0.25) is 11.8 Å². The third kappa shape index (κ3) is 2.04. The van der Waals surface area contributed by atoms with Crippen LogP contribution in [0.1, 0.15) is 24.7 Å². The van der Waals surface area contributed by atoms with Gasteiger partial charge in [0.1, 0.15) is 4.60 Å². The number of amides is 1. The second-order valence-corrected chi connectivity index (χ2v) is 4.86. The first-order valence-electron chi connectivity index (χ1n) is 5.42. The fourth-order valence-electron chi connectivity index (χ4n) is 1.93. The molecule has 2 aromatic rings. The molecular formula is C11H10BrN3O2. The molecule has 3 rings (SSSR count). The Balaban J connectivity index is 1.92. The van der Waals surface area contributed by atoms with Crippen molar-refractivity contribution in [3.8, 4) is 0 Å². The second kappa shape index (κ2) is 4.10. The summed E-state index contributed by atoms with van der Waals surface area (Å²) in [5.41, 5.74) is 1.28. The molecule has 17 heavy (non-hydrogen) atoms. The van der Waals surface area contributed by atoms with E-state index in [1.165, 1.54) is 0 Å². The molecule has 3 heterocycles. The lowest BCUT2D eigenvalue weighted by Gasteiger charge is -2.18. The van der Waals surface area contributed by atoms with E-state index in [2.05, 4.69) is 31.2 Å². The van der Waals surface area contributed by atoms with Gasteiger partial charge in [-0.3, -0.25) is 4.79 Å². The minimum Gasteiger partial charge on any atom is -0.439 e. The number of carbonyl (C=O) groups is 1. The van der Waals surface area contributed by atoms with E-state index < -0.39 is 0 Å². The lowest BCUT2D eigenvalue weighted by Crippen LogP contribution is -2.33. The molecule has 0 radical (unpaired) electrons. The molecule has 0 bridgehead atoms. The summed E-state index contributed by atoms with van der Waals surface area (Å²) in [5, 5.41) is 2.82. The number of hydrogen-bond donors (Lipinski definition) is 1. The summed E-state index contributed by atoms with van der Waals surface area (Å²) < 4.78 is 6.39. The van der Waals surface area contributed by atoms with Crippen molar-refractivity contribution in [1.29, 1.82) is 0 Å². The molecule has 2 aromatic heterocycles. The van der Waals surface area contributed by atoms with Gasteiger partial charge in [0.05, 0.1) is 5.92 Å². The topological polar surface area (TPSA) is 68.0 Å². The Morgan fingerprint density at radius 1 is 1.41 bits per heavy atom. The molecule has 6 heteroatoms. The van der Waals surface area contributed by atoms with Crippen LogP contribution in [0.5, 0.6) is 0 Å². The quantitative estimate of drug-likeness (QED) is 0.817. The maximum absolute atomic E-state index is 11.1. The van der Waals surface area contributed by atoms with Gasteiger partial charge < -0.3 is 9.73 Å². The number of hydrogen-bond acceptors (Lipinski definition) is 4. The molecule has 0 aliphatic carbocycles. The fourth-order valence-corrected chi connectivity index (χ4v) is 2.23. The van der Waals surface area contributed by atoms with E-state index in [0.717, 1.165) is 11.0 Å². The van der Waals surface area contributed by atoms with Crippen molar-refractivity contribution in [2.75, 3.05) is 6.54 Å². The molecule has 1 saturated heterocycles. The Bertz CT molecular complexity index is 571. The van der Waals surface area contributed by atoms with Gasteiger partial charge in [0, 0.05) is 13.0 Å². The smallest absolute Gasteiger partial charge is 0.220 e. The minimum absolute atomic E-state index is 0.0956. The van der Waals surface area contributed by atoms with Crippen molar-refractivity contribution in [3.63, 3.8) is 0 Å². The largest absolute Gasteiger partial charge is 0.439 e. The summed E-state index contributed by atoms with van der Waals surface area (Å²) in [6.45, 7) is 0.590. The van der Waals surface area contributed by atoms with Crippen LogP contribution in [0.25, 0.3) is 11.2 Å². The Kier molecular flexibility index (Phi) is 2.58. The number of oxazole rings is 1. The monoisotopic (exact) mass is 295 g/mol. The number of fused-ring (bicyclic) bond motifs is 1. The molecule has 0 spiro atoms. The Labute approximate surface area is 106 Å². The number of rotatable bonds is 1. The van der Waals surface area contributed by atoms with Gasteiger partial charge >= 0.3 is 0 Å². The molecule has 0 saturated carbocycles. The van der Waals surface area contributed by atoms with Gasteiger partial charge in [-0.05, 0) is 34.5 Å². The molecule has 88 valence electrons. The van der Waals surface area contributed by atoms with E-state index in [1.54, 1.807) is 0 Å². The Morgan fingerprint density at radius 3 is 3.06 bits per heavy atom. The first kappa shape index (κ1) is 10.7. The third-order valence-corrected chi connectivity index (χ3v) is 3.29. The molecule has 1 atom stereocenters. The number of nitrogens with zero attached hydrogens (tertiary/aromatic N) is 2. The van der Waals surface area contributed by atoms with Crippen molar-refractivity contribution in [2.45, 2.75) is 18.8 Å². The Hall–Kier alpha value is -1.43. The zero-order valence-corrected chi connectivity index (χ0v) is 10.5.